The van der Waals surface area contributed by atoms with E-state index in [2.05, 4.69) is 0 Å². The fourth-order valence-corrected chi connectivity index (χ4v) is 2.31. The van der Waals surface area contributed by atoms with Crippen LogP contribution in [0.15, 0.2) is 12.2 Å². The van der Waals surface area contributed by atoms with E-state index in [1.165, 1.54) is 0 Å². The second-order valence-electron chi connectivity index (χ2n) is 5.07. The molecule has 2 heterocycles. The average Bonchev–Trinajstić information content (AvgIpc) is 2.70. The van der Waals surface area contributed by atoms with Crippen molar-refractivity contribution in [1.82, 2.24) is 0 Å². The first kappa shape index (κ1) is 13.3. The summed E-state index contributed by atoms with van der Waals surface area (Å²) in [7, 11) is 0. The Hall–Kier alpha value is -1.16. The Morgan fingerprint density at radius 3 is 2.83 bits per heavy atom. The van der Waals surface area contributed by atoms with Gasteiger partial charge in [-0.25, -0.2) is 0 Å². The highest BCUT2D eigenvalue weighted by molar-refractivity contribution is 5.85. The Kier molecular flexibility index (Phi) is 4.53. The van der Waals surface area contributed by atoms with E-state index < -0.39 is 0 Å². The summed E-state index contributed by atoms with van der Waals surface area (Å²) in [5.74, 6) is -0.0522. The van der Waals surface area contributed by atoms with Crippen LogP contribution >= 0.6 is 0 Å². The molecule has 0 amide bonds. The van der Waals surface area contributed by atoms with Crippen molar-refractivity contribution in [3.63, 3.8) is 0 Å². The minimum Gasteiger partial charge on any atom is -0.465 e. The molecule has 0 radical (unpaired) electrons. The van der Waals surface area contributed by atoms with Gasteiger partial charge >= 0.3 is 5.97 Å². The summed E-state index contributed by atoms with van der Waals surface area (Å²) < 4.78 is 10.9. The maximum absolute atomic E-state index is 11.7. The largest absolute Gasteiger partial charge is 0.465 e. The maximum atomic E-state index is 11.7. The Morgan fingerprint density at radius 1 is 1.22 bits per heavy atom. The molecule has 0 N–H and O–H groups in total. The van der Waals surface area contributed by atoms with Crippen LogP contribution in [0.4, 0.5) is 0 Å². The van der Waals surface area contributed by atoms with Gasteiger partial charge in [-0.1, -0.05) is 19.1 Å². The van der Waals surface area contributed by atoms with Crippen LogP contribution in [0.25, 0.3) is 0 Å². The van der Waals surface area contributed by atoms with E-state index >= 15 is 0 Å². The number of carbonyl (C=O) groups is 2. The minimum atomic E-state index is -0.279. The molecule has 1 saturated heterocycles. The van der Waals surface area contributed by atoms with Gasteiger partial charge < -0.3 is 9.47 Å². The monoisotopic (exact) mass is 252 g/mol. The van der Waals surface area contributed by atoms with Gasteiger partial charge in [0.25, 0.3) is 0 Å². The third-order valence-electron chi connectivity index (χ3n) is 3.47. The van der Waals surface area contributed by atoms with Crippen molar-refractivity contribution in [3.8, 4) is 0 Å². The van der Waals surface area contributed by atoms with Crippen LogP contribution in [0.2, 0.25) is 0 Å². The molecule has 0 saturated carbocycles. The molecule has 4 nitrogen and oxygen atoms in total. The third kappa shape index (κ3) is 3.42. The molecular formula is C14H20O4. The summed E-state index contributed by atoms with van der Waals surface area (Å²) in [6.07, 6.45) is 6.93. The van der Waals surface area contributed by atoms with Crippen molar-refractivity contribution >= 4 is 11.8 Å². The van der Waals surface area contributed by atoms with Crippen molar-refractivity contribution in [1.29, 1.82) is 0 Å². The normalized spacial score (nSPS) is 36.2. The quantitative estimate of drug-likeness (QED) is 0.489. The Labute approximate surface area is 107 Å². The van der Waals surface area contributed by atoms with E-state index in [-0.39, 0.29) is 29.9 Å². The predicted molar refractivity (Wildman–Crippen MR) is 66.0 cm³/mol. The Bertz CT molecular complexity index is 348. The highest BCUT2D eigenvalue weighted by Gasteiger charge is 2.32. The molecule has 2 rings (SSSR count). The van der Waals surface area contributed by atoms with Gasteiger partial charge in [-0.05, 0) is 25.7 Å². The Morgan fingerprint density at radius 2 is 2.00 bits per heavy atom. The molecule has 0 aromatic carbocycles. The van der Waals surface area contributed by atoms with Crippen LogP contribution in [-0.4, -0.2) is 30.6 Å². The molecule has 2 bridgehead atoms. The van der Waals surface area contributed by atoms with Gasteiger partial charge in [-0.2, -0.15) is 0 Å². The average molecular weight is 252 g/mol. The van der Waals surface area contributed by atoms with E-state index in [1.54, 1.807) is 0 Å². The van der Waals surface area contributed by atoms with Crippen molar-refractivity contribution in [2.24, 2.45) is 5.92 Å². The smallest absolute Gasteiger partial charge is 0.308 e. The molecule has 0 spiro atoms. The van der Waals surface area contributed by atoms with Gasteiger partial charge in [0.15, 0.2) is 5.78 Å². The van der Waals surface area contributed by atoms with Crippen molar-refractivity contribution < 1.29 is 19.1 Å². The number of rotatable bonds is 0. The second-order valence-corrected chi connectivity index (χ2v) is 5.07. The number of fused-ring (bicyclic) bond motifs is 2. The molecule has 100 valence electrons. The number of ether oxygens (including phenoxy) is 2. The number of carbonyl (C=O) groups excluding carboxylic acids is 2. The first-order chi connectivity index (χ1) is 8.66. The fraction of sp³-hybridized carbons (Fsp3) is 0.714. The molecule has 0 unspecified atom stereocenters. The SMILES string of the molecule is C[C@H]1C/C=C\C[C@@H]2O[C@@H](CCCOC1=O)CC2=O. The number of hydrogen-bond donors (Lipinski definition) is 0. The molecule has 2 aliphatic rings. The molecule has 0 aromatic rings. The zero-order chi connectivity index (χ0) is 13.0. The van der Waals surface area contributed by atoms with Gasteiger partial charge in [0.2, 0.25) is 0 Å². The number of cyclic esters (lactones) is 1. The summed E-state index contributed by atoms with van der Waals surface area (Å²) in [5, 5.41) is 0. The molecule has 2 aliphatic heterocycles. The van der Waals surface area contributed by atoms with Crippen LogP contribution in [0.1, 0.15) is 39.0 Å². The molecule has 0 aliphatic carbocycles. The van der Waals surface area contributed by atoms with Crippen LogP contribution in [-0.2, 0) is 19.1 Å². The van der Waals surface area contributed by atoms with Crippen molar-refractivity contribution in [2.45, 2.75) is 51.2 Å². The van der Waals surface area contributed by atoms with E-state index in [0.29, 0.717) is 25.9 Å². The van der Waals surface area contributed by atoms with Gasteiger partial charge in [0.05, 0.1) is 18.6 Å². The van der Waals surface area contributed by atoms with E-state index in [9.17, 15) is 9.59 Å². The van der Waals surface area contributed by atoms with Gasteiger partial charge in [0, 0.05) is 6.42 Å². The number of ketones is 1. The molecule has 18 heavy (non-hydrogen) atoms. The standard InChI is InChI=1S/C14H20O4/c1-10-5-2-3-7-13-12(15)9-11(18-13)6-4-8-17-14(10)16/h2-3,10-11,13H,4-9H2,1H3/b3-2-/t10-,11-,13-/m0/s1. The lowest BCUT2D eigenvalue weighted by Gasteiger charge is -2.11. The van der Waals surface area contributed by atoms with Gasteiger partial charge in [-0.3, -0.25) is 9.59 Å². The maximum Gasteiger partial charge on any atom is 0.308 e. The first-order valence-electron chi connectivity index (χ1n) is 6.66. The Balaban J connectivity index is 1.97. The third-order valence-corrected chi connectivity index (χ3v) is 3.47. The van der Waals surface area contributed by atoms with Crippen LogP contribution in [0, 0.1) is 5.92 Å². The summed E-state index contributed by atoms with van der Waals surface area (Å²) in [6, 6.07) is 0. The minimum absolute atomic E-state index is 0.00720. The zero-order valence-corrected chi connectivity index (χ0v) is 10.8. The van der Waals surface area contributed by atoms with Crippen LogP contribution in [0.5, 0.6) is 0 Å². The molecular weight excluding hydrogens is 232 g/mol. The number of Topliss-reactive ketones (excluding diaryl/α,β-unsaturated/α-hetero) is 1. The lowest BCUT2D eigenvalue weighted by Crippen LogP contribution is -2.16. The second kappa shape index (κ2) is 6.14. The molecule has 0 aromatic heterocycles. The van der Waals surface area contributed by atoms with Gasteiger partial charge in [-0.15, -0.1) is 0 Å². The predicted octanol–water partition coefficient (Wildman–Crippen LogP) is 2.02. The number of hydrogen-bond acceptors (Lipinski definition) is 4. The molecule has 1 fully saturated rings. The lowest BCUT2D eigenvalue weighted by atomic mass is 10.1. The molecule has 3 atom stereocenters. The van der Waals surface area contributed by atoms with Crippen molar-refractivity contribution in [2.75, 3.05) is 6.61 Å². The zero-order valence-electron chi connectivity index (χ0n) is 10.8. The summed E-state index contributed by atoms with van der Waals surface area (Å²) in [6.45, 7) is 2.28. The highest BCUT2D eigenvalue weighted by Crippen LogP contribution is 2.23. The fourth-order valence-electron chi connectivity index (χ4n) is 2.31. The topological polar surface area (TPSA) is 52.6 Å². The van der Waals surface area contributed by atoms with E-state index in [1.807, 2.05) is 19.1 Å². The first-order valence-corrected chi connectivity index (χ1v) is 6.66. The van der Waals surface area contributed by atoms with Crippen LogP contribution < -0.4 is 0 Å². The lowest BCUT2D eigenvalue weighted by molar-refractivity contribution is -0.148. The number of allylic oxidation sites excluding steroid dienone is 1. The van der Waals surface area contributed by atoms with Crippen molar-refractivity contribution in [3.05, 3.63) is 12.2 Å². The summed E-state index contributed by atoms with van der Waals surface area (Å²) in [5.41, 5.74) is 0. The van der Waals surface area contributed by atoms with E-state index in [0.717, 1.165) is 12.8 Å². The number of esters is 1. The van der Waals surface area contributed by atoms with Gasteiger partial charge in [0.1, 0.15) is 6.10 Å². The van der Waals surface area contributed by atoms with Crippen LogP contribution in [0.3, 0.4) is 0 Å². The summed E-state index contributed by atoms with van der Waals surface area (Å²) in [4.78, 5) is 23.3. The molecule has 4 heteroatoms. The highest BCUT2D eigenvalue weighted by atomic mass is 16.5. The van der Waals surface area contributed by atoms with E-state index in [4.69, 9.17) is 9.47 Å². The summed E-state index contributed by atoms with van der Waals surface area (Å²) >= 11 is 0.